The molecule has 25 heavy (non-hydrogen) atoms. The molecular weight excluding hydrogens is 339 g/mol. The second-order valence-electron chi connectivity index (χ2n) is 6.31. The summed E-state index contributed by atoms with van der Waals surface area (Å²) < 4.78 is 21.4. The minimum atomic E-state index is -0.247. The second kappa shape index (κ2) is 6.57. The van der Waals surface area contributed by atoms with Crippen LogP contribution in [0.25, 0.3) is 10.2 Å². The Bertz CT molecular complexity index is 890. The third-order valence-corrected chi connectivity index (χ3v) is 5.12. The molecule has 5 nitrogen and oxygen atoms in total. The highest BCUT2D eigenvalue weighted by Gasteiger charge is 2.24. The average Bonchev–Trinajstić information content (AvgIpc) is 3.04. The smallest absolute Gasteiger partial charge is 0.151 e. The molecule has 2 unspecified atom stereocenters. The highest BCUT2D eigenvalue weighted by atomic mass is 32.1. The normalized spacial score (nSPS) is 20.8. The number of thiophene rings is 1. The third kappa shape index (κ3) is 3.29. The maximum absolute atomic E-state index is 14.7. The van der Waals surface area contributed by atoms with E-state index in [1.54, 1.807) is 11.3 Å². The highest BCUT2D eigenvalue weighted by Crippen LogP contribution is 2.30. The molecule has 0 aliphatic carbocycles. The number of aromatic nitrogens is 2. The molecule has 2 aromatic heterocycles. The minimum Gasteiger partial charge on any atom is -0.372 e. The lowest BCUT2D eigenvalue weighted by Crippen LogP contribution is -2.45. The Morgan fingerprint density at radius 1 is 1.20 bits per heavy atom. The topological polar surface area (TPSA) is 50.3 Å². The van der Waals surface area contributed by atoms with E-state index in [1.165, 1.54) is 12.4 Å². The maximum atomic E-state index is 14.7. The molecule has 3 heterocycles. The standard InChI is InChI=1S/C18H19FN4OS/c1-11-8-23(9-12(2)24-11)16-4-3-13(7-14(16)19)22-18-17-15(5-6-25-17)20-10-21-18/h3-7,10-12H,8-9H2,1-2H3,(H,20,21,22). The Labute approximate surface area is 149 Å². The van der Waals surface area contributed by atoms with Gasteiger partial charge in [0.25, 0.3) is 0 Å². The van der Waals surface area contributed by atoms with Crippen molar-refractivity contribution in [1.82, 2.24) is 9.97 Å². The number of rotatable bonds is 3. The third-order valence-electron chi connectivity index (χ3n) is 4.21. The number of morpholine rings is 1. The van der Waals surface area contributed by atoms with Crippen molar-refractivity contribution in [3.05, 3.63) is 41.8 Å². The van der Waals surface area contributed by atoms with Gasteiger partial charge in [0, 0.05) is 18.8 Å². The average molecular weight is 358 g/mol. The summed E-state index contributed by atoms with van der Waals surface area (Å²) in [5.41, 5.74) is 2.16. The maximum Gasteiger partial charge on any atom is 0.151 e. The van der Waals surface area contributed by atoms with Gasteiger partial charge in [-0.2, -0.15) is 0 Å². The molecule has 0 amide bonds. The van der Waals surface area contributed by atoms with Gasteiger partial charge in [-0.3, -0.25) is 0 Å². The second-order valence-corrected chi connectivity index (χ2v) is 7.23. The number of hydrogen-bond donors (Lipinski definition) is 1. The van der Waals surface area contributed by atoms with Gasteiger partial charge in [0.15, 0.2) is 5.82 Å². The fraction of sp³-hybridized carbons (Fsp3) is 0.333. The number of hydrogen-bond acceptors (Lipinski definition) is 6. The van der Waals surface area contributed by atoms with Crippen molar-refractivity contribution in [2.75, 3.05) is 23.3 Å². The molecule has 4 rings (SSSR count). The van der Waals surface area contributed by atoms with E-state index in [4.69, 9.17) is 4.74 Å². The Hall–Kier alpha value is -2.25. The van der Waals surface area contributed by atoms with Crippen molar-refractivity contribution >= 4 is 38.7 Å². The minimum absolute atomic E-state index is 0.0917. The van der Waals surface area contributed by atoms with Crippen molar-refractivity contribution in [3.8, 4) is 0 Å². The summed E-state index contributed by atoms with van der Waals surface area (Å²) >= 11 is 1.56. The predicted octanol–water partition coefficient (Wildman–Crippen LogP) is 4.19. The van der Waals surface area contributed by atoms with Crippen LogP contribution in [-0.2, 0) is 4.74 Å². The van der Waals surface area contributed by atoms with Crippen molar-refractivity contribution in [2.24, 2.45) is 0 Å². The monoisotopic (exact) mass is 358 g/mol. The summed E-state index contributed by atoms with van der Waals surface area (Å²) in [4.78, 5) is 10.5. The number of nitrogens with zero attached hydrogens (tertiary/aromatic N) is 3. The Morgan fingerprint density at radius 2 is 2.00 bits per heavy atom. The summed E-state index contributed by atoms with van der Waals surface area (Å²) in [6, 6.07) is 7.15. The van der Waals surface area contributed by atoms with E-state index in [2.05, 4.69) is 15.3 Å². The van der Waals surface area contributed by atoms with Crippen LogP contribution in [0.1, 0.15) is 13.8 Å². The van der Waals surface area contributed by atoms with Crippen LogP contribution < -0.4 is 10.2 Å². The lowest BCUT2D eigenvalue weighted by Gasteiger charge is -2.37. The van der Waals surface area contributed by atoms with Gasteiger partial charge in [-0.25, -0.2) is 14.4 Å². The van der Waals surface area contributed by atoms with Gasteiger partial charge >= 0.3 is 0 Å². The molecule has 0 bridgehead atoms. The first-order chi connectivity index (χ1) is 12.1. The fourth-order valence-electron chi connectivity index (χ4n) is 3.23. The molecule has 1 aliphatic rings. The number of halogens is 1. The first-order valence-corrected chi connectivity index (χ1v) is 9.13. The summed E-state index contributed by atoms with van der Waals surface area (Å²) in [5, 5.41) is 5.16. The zero-order chi connectivity index (χ0) is 17.4. The molecule has 3 aromatic rings. The van der Waals surface area contributed by atoms with Gasteiger partial charge < -0.3 is 15.0 Å². The van der Waals surface area contributed by atoms with Crippen LogP contribution in [0.3, 0.4) is 0 Å². The number of benzene rings is 1. The molecule has 1 saturated heterocycles. The molecule has 0 saturated carbocycles. The first kappa shape index (κ1) is 16.2. The first-order valence-electron chi connectivity index (χ1n) is 8.25. The van der Waals surface area contributed by atoms with Gasteiger partial charge in [-0.1, -0.05) is 0 Å². The SMILES string of the molecule is CC1CN(c2ccc(Nc3ncnc4ccsc34)cc2F)CC(C)O1. The molecule has 1 aliphatic heterocycles. The van der Waals surface area contributed by atoms with E-state index in [1.807, 2.05) is 42.3 Å². The lowest BCUT2D eigenvalue weighted by atomic mass is 10.2. The summed E-state index contributed by atoms with van der Waals surface area (Å²) in [6.45, 7) is 5.40. The van der Waals surface area contributed by atoms with E-state index in [-0.39, 0.29) is 18.0 Å². The van der Waals surface area contributed by atoms with E-state index in [0.29, 0.717) is 30.3 Å². The predicted molar refractivity (Wildman–Crippen MR) is 99.3 cm³/mol. The molecule has 1 N–H and O–H groups in total. The van der Waals surface area contributed by atoms with Crippen molar-refractivity contribution < 1.29 is 9.13 Å². The van der Waals surface area contributed by atoms with Crippen LogP contribution in [-0.4, -0.2) is 35.3 Å². The van der Waals surface area contributed by atoms with Gasteiger partial charge in [0.05, 0.1) is 28.1 Å². The van der Waals surface area contributed by atoms with E-state index >= 15 is 0 Å². The number of anilines is 3. The van der Waals surface area contributed by atoms with Crippen molar-refractivity contribution in [1.29, 1.82) is 0 Å². The quantitative estimate of drug-likeness (QED) is 0.761. The fourth-order valence-corrected chi connectivity index (χ4v) is 4.02. The van der Waals surface area contributed by atoms with Crippen LogP contribution in [0.4, 0.5) is 21.6 Å². The Kier molecular flexibility index (Phi) is 4.27. The zero-order valence-corrected chi connectivity index (χ0v) is 14.9. The van der Waals surface area contributed by atoms with Crippen LogP contribution >= 0.6 is 11.3 Å². The van der Waals surface area contributed by atoms with Crippen LogP contribution in [0.2, 0.25) is 0 Å². The summed E-state index contributed by atoms with van der Waals surface area (Å²) in [7, 11) is 0. The van der Waals surface area contributed by atoms with Gasteiger partial charge in [-0.15, -0.1) is 11.3 Å². The molecule has 7 heteroatoms. The van der Waals surface area contributed by atoms with Crippen molar-refractivity contribution in [2.45, 2.75) is 26.1 Å². The van der Waals surface area contributed by atoms with E-state index < -0.39 is 0 Å². The van der Waals surface area contributed by atoms with Crippen LogP contribution in [0, 0.1) is 5.82 Å². The molecule has 1 aromatic carbocycles. The molecule has 0 spiro atoms. The molecular formula is C18H19FN4OS. The van der Waals surface area contributed by atoms with Gasteiger partial charge in [0.2, 0.25) is 0 Å². The van der Waals surface area contributed by atoms with Gasteiger partial charge in [0.1, 0.15) is 12.1 Å². The summed E-state index contributed by atoms with van der Waals surface area (Å²) in [5.74, 6) is 0.448. The zero-order valence-electron chi connectivity index (χ0n) is 14.1. The highest BCUT2D eigenvalue weighted by molar-refractivity contribution is 7.17. The largest absolute Gasteiger partial charge is 0.372 e. The number of fused-ring (bicyclic) bond motifs is 1. The van der Waals surface area contributed by atoms with E-state index in [9.17, 15) is 4.39 Å². The molecule has 1 fully saturated rings. The molecule has 2 atom stereocenters. The van der Waals surface area contributed by atoms with Crippen molar-refractivity contribution in [3.63, 3.8) is 0 Å². The lowest BCUT2D eigenvalue weighted by molar-refractivity contribution is -0.00539. The Balaban J connectivity index is 1.58. The molecule has 130 valence electrons. The number of ether oxygens (including phenoxy) is 1. The van der Waals surface area contributed by atoms with Gasteiger partial charge in [-0.05, 0) is 43.5 Å². The summed E-state index contributed by atoms with van der Waals surface area (Å²) in [6.07, 6.45) is 1.70. The molecule has 0 radical (unpaired) electrons. The Morgan fingerprint density at radius 3 is 2.76 bits per heavy atom. The van der Waals surface area contributed by atoms with Crippen LogP contribution in [0.15, 0.2) is 36.0 Å². The number of nitrogens with one attached hydrogen (secondary N) is 1. The van der Waals surface area contributed by atoms with Crippen LogP contribution in [0.5, 0.6) is 0 Å². The van der Waals surface area contributed by atoms with E-state index in [0.717, 1.165) is 10.2 Å².